The fourth-order valence-electron chi connectivity index (χ4n) is 5.85. The topological polar surface area (TPSA) is 132 Å². The van der Waals surface area contributed by atoms with Crippen LogP contribution >= 0.6 is 0 Å². The van der Waals surface area contributed by atoms with E-state index in [4.69, 9.17) is 5.11 Å². The van der Waals surface area contributed by atoms with Crippen molar-refractivity contribution in [2.45, 2.75) is 31.6 Å². The SMILES string of the molecule is C[C@@H]1C(=O)C(C#N)C[C@]2(c3ccccc3)c3[nH]nc(-c4ccc(NC(=O)O)nc4)c3CC[C@@H]12. The Kier molecular flexibility index (Phi) is 4.97. The third-order valence-electron chi connectivity index (χ3n) is 7.29. The maximum atomic E-state index is 12.9. The Morgan fingerprint density at radius 3 is 2.73 bits per heavy atom. The van der Waals surface area contributed by atoms with E-state index in [0.717, 1.165) is 40.9 Å². The first-order valence-corrected chi connectivity index (χ1v) is 11.0. The number of nitrogens with one attached hydrogen (secondary N) is 2. The molecule has 2 heterocycles. The normalized spacial score (nSPS) is 26.1. The predicted molar refractivity (Wildman–Crippen MR) is 120 cm³/mol. The molecule has 33 heavy (non-hydrogen) atoms. The van der Waals surface area contributed by atoms with Crippen molar-refractivity contribution in [2.24, 2.45) is 17.8 Å². The zero-order valence-electron chi connectivity index (χ0n) is 18.1. The molecule has 2 aliphatic rings. The van der Waals surface area contributed by atoms with Gasteiger partial charge in [0.2, 0.25) is 0 Å². The van der Waals surface area contributed by atoms with Gasteiger partial charge in [0.05, 0.1) is 11.8 Å². The molecule has 1 fully saturated rings. The molecule has 1 saturated carbocycles. The summed E-state index contributed by atoms with van der Waals surface area (Å²) in [4.78, 5) is 28.0. The van der Waals surface area contributed by atoms with Crippen LogP contribution in [0, 0.1) is 29.1 Å². The number of amides is 1. The summed E-state index contributed by atoms with van der Waals surface area (Å²) in [7, 11) is 0. The summed E-state index contributed by atoms with van der Waals surface area (Å²) in [5, 5.41) is 28.9. The fourth-order valence-corrected chi connectivity index (χ4v) is 5.85. The Hall–Kier alpha value is -3.99. The number of rotatable bonds is 3. The van der Waals surface area contributed by atoms with E-state index in [1.807, 2.05) is 25.1 Å². The number of hydrogen-bond acceptors (Lipinski definition) is 5. The van der Waals surface area contributed by atoms with Gasteiger partial charge in [0.25, 0.3) is 0 Å². The lowest BCUT2D eigenvalue weighted by Crippen LogP contribution is -2.52. The molecule has 1 unspecified atom stereocenters. The van der Waals surface area contributed by atoms with Crippen molar-refractivity contribution in [3.63, 3.8) is 0 Å². The number of anilines is 1. The van der Waals surface area contributed by atoms with Crippen LogP contribution in [0.15, 0.2) is 48.7 Å². The minimum atomic E-state index is -1.17. The number of H-pyrrole nitrogens is 1. The maximum Gasteiger partial charge on any atom is 0.410 e. The van der Waals surface area contributed by atoms with Crippen LogP contribution in [0.25, 0.3) is 11.3 Å². The van der Waals surface area contributed by atoms with Crippen LogP contribution < -0.4 is 5.32 Å². The minimum absolute atomic E-state index is 0.0305. The number of pyridine rings is 1. The number of hydrogen-bond donors (Lipinski definition) is 3. The van der Waals surface area contributed by atoms with E-state index in [2.05, 4.69) is 38.7 Å². The number of carboxylic acid groups (broad SMARTS) is 1. The van der Waals surface area contributed by atoms with Gasteiger partial charge < -0.3 is 5.11 Å². The van der Waals surface area contributed by atoms with Crippen molar-refractivity contribution in [1.29, 1.82) is 5.26 Å². The van der Waals surface area contributed by atoms with Gasteiger partial charge in [0, 0.05) is 34.4 Å². The van der Waals surface area contributed by atoms with Crippen LogP contribution in [0.4, 0.5) is 10.6 Å². The highest BCUT2D eigenvalue weighted by atomic mass is 16.4. The Bertz CT molecular complexity index is 1260. The molecular weight excluding hydrogens is 418 g/mol. The molecule has 1 amide bonds. The zero-order chi connectivity index (χ0) is 23.2. The van der Waals surface area contributed by atoms with Gasteiger partial charge >= 0.3 is 6.09 Å². The van der Waals surface area contributed by atoms with Crippen molar-refractivity contribution in [1.82, 2.24) is 15.2 Å². The van der Waals surface area contributed by atoms with Crippen LogP contribution in [-0.4, -0.2) is 32.2 Å². The summed E-state index contributed by atoms with van der Waals surface area (Å²) in [5.74, 6) is -0.558. The van der Waals surface area contributed by atoms with E-state index < -0.39 is 17.4 Å². The van der Waals surface area contributed by atoms with Gasteiger partial charge in [-0.15, -0.1) is 0 Å². The van der Waals surface area contributed by atoms with Gasteiger partial charge in [0.1, 0.15) is 11.7 Å². The second kappa shape index (κ2) is 7.85. The second-order valence-electron chi connectivity index (χ2n) is 8.85. The molecular formula is C25H23N5O3. The van der Waals surface area contributed by atoms with Crippen LogP contribution in [0.3, 0.4) is 0 Å². The minimum Gasteiger partial charge on any atom is -0.465 e. The molecule has 2 aromatic heterocycles. The standard InChI is InChI=1S/C25H23N5O3/c1-14-19-9-8-18-21(15-7-10-20(27-13-15)28-24(32)33)29-30-23(18)25(19,11-16(12-26)22(14)31)17-5-3-2-4-6-17/h2-7,10,13-14,16,19H,8-9,11H2,1H3,(H,27,28)(H,29,30)(H,32,33)/t14-,16?,19-,25+/m0/s1. The highest BCUT2D eigenvalue weighted by molar-refractivity contribution is 5.88. The van der Waals surface area contributed by atoms with Crippen molar-refractivity contribution < 1.29 is 14.7 Å². The highest BCUT2D eigenvalue weighted by Gasteiger charge is 2.56. The molecule has 3 aromatic rings. The lowest BCUT2D eigenvalue weighted by Gasteiger charge is -2.50. The Morgan fingerprint density at radius 1 is 1.27 bits per heavy atom. The van der Waals surface area contributed by atoms with Crippen LogP contribution in [-0.2, 0) is 16.6 Å². The zero-order valence-corrected chi connectivity index (χ0v) is 18.1. The van der Waals surface area contributed by atoms with Crippen molar-refractivity contribution >= 4 is 17.7 Å². The van der Waals surface area contributed by atoms with Gasteiger partial charge in [-0.3, -0.25) is 15.2 Å². The van der Waals surface area contributed by atoms with Crippen LogP contribution in [0.1, 0.15) is 36.6 Å². The molecule has 0 spiro atoms. The van der Waals surface area contributed by atoms with Gasteiger partial charge in [0.15, 0.2) is 5.78 Å². The van der Waals surface area contributed by atoms with Gasteiger partial charge in [-0.05, 0) is 42.9 Å². The van der Waals surface area contributed by atoms with Crippen LogP contribution in [0.5, 0.6) is 0 Å². The lowest BCUT2D eigenvalue weighted by molar-refractivity contribution is -0.131. The molecule has 0 radical (unpaired) electrons. The first kappa shape index (κ1) is 20.9. The first-order chi connectivity index (χ1) is 16.0. The Morgan fingerprint density at radius 2 is 2.06 bits per heavy atom. The number of carbonyl (C=O) groups excluding carboxylic acids is 1. The molecule has 4 atom stereocenters. The Balaban J connectivity index is 1.65. The molecule has 8 nitrogen and oxygen atoms in total. The number of Topliss-reactive ketones (excluding diaryl/α,β-unsaturated/α-hetero) is 1. The number of fused-ring (bicyclic) bond motifs is 3. The summed E-state index contributed by atoms with van der Waals surface area (Å²) >= 11 is 0. The number of aromatic nitrogens is 3. The summed E-state index contributed by atoms with van der Waals surface area (Å²) < 4.78 is 0. The number of benzene rings is 1. The maximum absolute atomic E-state index is 12.9. The lowest BCUT2D eigenvalue weighted by atomic mass is 9.51. The summed E-state index contributed by atoms with van der Waals surface area (Å²) in [5.41, 5.74) is 4.16. The van der Waals surface area contributed by atoms with E-state index in [1.165, 1.54) is 0 Å². The number of nitrogens with zero attached hydrogens (tertiary/aromatic N) is 3. The fraction of sp³-hybridized carbons (Fsp3) is 0.320. The smallest absolute Gasteiger partial charge is 0.410 e. The third kappa shape index (κ3) is 3.20. The number of carbonyl (C=O) groups is 2. The average Bonchev–Trinajstić information content (AvgIpc) is 3.27. The molecule has 8 heteroatoms. The van der Waals surface area contributed by atoms with E-state index >= 15 is 0 Å². The molecule has 0 aliphatic heterocycles. The monoisotopic (exact) mass is 441 g/mol. The van der Waals surface area contributed by atoms with Gasteiger partial charge in [-0.2, -0.15) is 10.4 Å². The molecule has 3 N–H and O–H groups in total. The number of ketones is 1. The first-order valence-electron chi connectivity index (χ1n) is 11.0. The van der Waals surface area contributed by atoms with E-state index in [1.54, 1.807) is 18.3 Å². The molecule has 2 aliphatic carbocycles. The molecule has 0 bridgehead atoms. The summed E-state index contributed by atoms with van der Waals surface area (Å²) in [6.07, 6.45) is 2.43. The van der Waals surface area contributed by atoms with Crippen LogP contribution in [0.2, 0.25) is 0 Å². The number of nitriles is 1. The van der Waals surface area contributed by atoms with Gasteiger partial charge in [-0.1, -0.05) is 37.3 Å². The van der Waals surface area contributed by atoms with E-state index in [9.17, 15) is 14.9 Å². The number of aromatic amines is 1. The average molecular weight is 441 g/mol. The Labute approximate surface area is 190 Å². The van der Waals surface area contributed by atoms with E-state index in [-0.39, 0.29) is 23.4 Å². The third-order valence-corrected chi connectivity index (χ3v) is 7.29. The van der Waals surface area contributed by atoms with Crippen molar-refractivity contribution in [2.75, 3.05) is 5.32 Å². The van der Waals surface area contributed by atoms with Gasteiger partial charge in [-0.25, -0.2) is 9.78 Å². The quantitative estimate of drug-likeness (QED) is 0.559. The second-order valence-corrected chi connectivity index (χ2v) is 8.85. The molecule has 166 valence electrons. The molecule has 0 saturated heterocycles. The highest BCUT2D eigenvalue weighted by Crippen LogP contribution is 2.56. The largest absolute Gasteiger partial charge is 0.465 e. The molecule has 5 rings (SSSR count). The summed E-state index contributed by atoms with van der Waals surface area (Å²) in [6.45, 7) is 1.95. The summed E-state index contributed by atoms with van der Waals surface area (Å²) in [6, 6.07) is 15.8. The van der Waals surface area contributed by atoms with E-state index in [0.29, 0.717) is 6.42 Å². The van der Waals surface area contributed by atoms with Crippen molar-refractivity contribution in [3.05, 3.63) is 65.5 Å². The molecule has 1 aromatic carbocycles. The van der Waals surface area contributed by atoms with Crippen molar-refractivity contribution in [3.8, 4) is 17.3 Å². The predicted octanol–water partition coefficient (Wildman–Crippen LogP) is 4.16.